The molecule has 6 rings (SSSR count). The van der Waals surface area contributed by atoms with Gasteiger partial charge in [-0.2, -0.15) is 0 Å². The molecule has 1 N–H and O–H groups in total. The fraction of sp³-hybridized carbons (Fsp3) is 0.851. The average molecular weight is 933 g/mol. The first-order chi connectivity index (χ1) is 30.4. The summed E-state index contributed by atoms with van der Waals surface area (Å²) < 4.78 is 87.1. The van der Waals surface area contributed by atoms with Gasteiger partial charge in [-0.25, -0.2) is 9.36 Å². The smallest absolute Gasteiger partial charge is 0.453 e. The Kier molecular flexibility index (Phi) is 21.6. The second-order valence-electron chi connectivity index (χ2n) is 18.0. The van der Waals surface area contributed by atoms with Gasteiger partial charge in [-0.05, 0) is 67.4 Å². The molecular weight excluding hydrogens is 851 g/mol. The van der Waals surface area contributed by atoms with Crippen molar-refractivity contribution < 1.29 is 75.4 Å². The van der Waals surface area contributed by atoms with Crippen LogP contribution in [0.1, 0.15) is 132 Å². The number of ether oxygens (including phenoxy) is 10. The van der Waals surface area contributed by atoms with Gasteiger partial charge in [-0.15, -0.1) is 0 Å². The monoisotopic (exact) mass is 933 g/mol. The summed E-state index contributed by atoms with van der Waals surface area (Å²) in [4.78, 5) is 12.7. The Labute approximate surface area is 382 Å². The molecule has 5 saturated heterocycles. The molecule has 0 spiro atoms. The van der Waals surface area contributed by atoms with E-state index in [0.717, 1.165) is 25.7 Å². The number of carbonyl (C=O) groups is 1. The van der Waals surface area contributed by atoms with Crippen LogP contribution in [0.25, 0.3) is 0 Å². The van der Waals surface area contributed by atoms with Crippen molar-refractivity contribution in [2.24, 2.45) is 35.5 Å². The van der Waals surface area contributed by atoms with E-state index < -0.39 is 44.2 Å². The summed E-state index contributed by atoms with van der Waals surface area (Å²) in [6, 6.07) is 8.60. The highest BCUT2D eigenvalue weighted by atomic mass is 31.2. The summed E-state index contributed by atoms with van der Waals surface area (Å²) in [6.07, 6.45) is 2.32. The average Bonchev–Trinajstić information content (AvgIpc) is 3.83. The summed E-state index contributed by atoms with van der Waals surface area (Å²) in [7, 11) is -0.809. The number of methoxy groups -OCH3 is 2. The Balaban J connectivity index is 0.000000233. The molecule has 0 bridgehead atoms. The largest absolute Gasteiger partial charge is 0.477 e. The van der Waals surface area contributed by atoms with E-state index in [2.05, 4.69) is 41.5 Å². The van der Waals surface area contributed by atoms with Gasteiger partial charge >= 0.3 is 13.8 Å². The van der Waals surface area contributed by atoms with Gasteiger partial charge in [0.1, 0.15) is 12.2 Å². The maximum absolute atomic E-state index is 13.4. The maximum atomic E-state index is 13.4. The van der Waals surface area contributed by atoms with Crippen molar-refractivity contribution in [1.82, 2.24) is 0 Å². The van der Waals surface area contributed by atoms with Gasteiger partial charge in [0.15, 0.2) is 18.7 Å². The molecule has 16 nitrogen and oxygen atoms in total. The number of benzene rings is 1. The van der Waals surface area contributed by atoms with Gasteiger partial charge in [-0.3, -0.25) is 23.0 Å². The maximum Gasteiger partial charge on any atom is 0.477 e. The molecule has 5 aliphatic rings. The van der Waals surface area contributed by atoms with E-state index in [1.165, 1.54) is 0 Å². The molecule has 17 atom stereocenters. The van der Waals surface area contributed by atoms with Gasteiger partial charge in [0.05, 0.1) is 43.7 Å². The number of carbonyl (C=O) groups excluding carboxylic acids is 1. The molecule has 1 aromatic carbocycles. The lowest BCUT2D eigenvalue weighted by atomic mass is 9.83. The Morgan fingerprint density at radius 1 is 0.656 bits per heavy atom. The number of phosphoric acid groups is 1. The molecule has 0 radical (unpaired) electrons. The number of fused-ring (bicyclic) bond motifs is 2. The number of hydrogen-bond donors (Lipinski definition) is 1. The highest BCUT2D eigenvalue weighted by Gasteiger charge is 2.55. The second-order valence-corrected chi connectivity index (χ2v) is 19.6. The van der Waals surface area contributed by atoms with Crippen LogP contribution in [0.2, 0.25) is 0 Å². The van der Waals surface area contributed by atoms with Crippen molar-refractivity contribution in [2.45, 2.75) is 189 Å². The van der Waals surface area contributed by atoms with Crippen LogP contribution >= 0.6 is 7.82 Å². The van der Waals surface area contributed by atoms with Crippen LogP contribution in [0.4, 0.5) is 0 Å². The molecule has 1 aromatic rings. The van der Waals surface area contributed by atoms with Crippen molar-refractivity contribution in [2.75, 3.05) is 34.0 Å². The van der Waals surface area contributed by atoms with Gasteiger partial charge in [-0.1, -0.05) is 100 Å². The molecule has 0 saturated carbocycles. The lowest BCUT2D eigenvalue weighted by Crippen LogP contribution is -2.52. The van der Waals surface area contributed by atoms with E-state index in [9.17, 15) is 14.5 Å². The van der Waals surface area contributed by atoms with Gasteiger partial charge in [0.25, 0.3) is 11.9 Å². The fourth-order valence-electron chi connectivity index (χ4n) is 8.48. The van der Waals surface area contributed by atoms with Crippen LogP contribution in [-0.4, -0.2) is 113 Å². The lowest BCUT2D eigenvalue weighted by Gasteiger charge is -2.43. The zero-order valence-electron chi connectivity index (χ0n) is 40.9. The summed E-state index contributed by atoms with van der Waals surface area (Å²) in [6.45, 7) is 24.6. The van der Waals surface area contributed by atoms with E-state index in [4.69, 9.17) is 60.9 Å². The first-order valence-electron chi connectivity index (χ1n) is 23.6. The van der Waals surface area contributed by atoms with Gasteiger partial charge in [0, 0.05) is 34.0 Å². The lowest BCUT2D eigenvalue weighted by molar-refractivity contribution is -0.334. The zero-order valence-corrected chi connectivity index (χ0v) is 41.8. The van der Waals surface area contributed by atoms with Crippen LogP contribution in [-0.2, 0) is 65.5 Å². The van der Waals surface area contributed by atoms with Crippen LogP contribution in [0.3, 0.4) is 0 Å². The zero-order chi connectivity index (χ0) is 47.4. The van der Waals surface area contributed by atoms with Gasteiger partial charge < -0.3 is 43.0 Å². The summed E-state index contributed by atoms with van der Waals surface area (Å²) >= 11 is 0. The number of aliphatic hydroxyl groups excluding tert-OH is 1. The second kappa shape index (κ2) is 25.1. The summed E-state index contributed by atoms with van der Waals surface area (Å²) in [5.74, 6) is -1.02. The van der Waals surface area contributed by atoms with Crippen molar-refractivity contribution in [1.29, 1.82) is 0 Å². The van der Waals surface area contributed by atoms with Crippen molar-refractivity contribution >= 4 is 13.8 Å². The minimum atomic E-state index is -3.98. The Bertz CT molecular complexity index is 1510. The summed E-state index contributed by atoms with van der Waals surface area (Å²) in [5, 5.41) is 9.77. The van der Waals surface area contributed by atoms with Crippen molar-refractivity contribution in [3.05, 3.63) is 35.9 Å². The van der Waals surface area contributed by atoms with Crippen molar-refractivity contribution in [3.63, 3.8) is 0 Å². The molecule has 5 aliphatic heterocycles. The molecule has 8 unspecified atom stereocenters. The van der Waals surface area contributed by atoms with Crippen LogP contribution < -0.4 is 0 Å². The molecule has 5 fully saturated rings. The number of phosphoric ester groups is 1. The molecule has 5 heterocycles. The third-order valence-corrected chi connectivity index (χ3v) is 15.1. The number of unbranched alkanes of at least 4 members (excludes halogenated alkanes) is 2. The van der Waals surface area contributed by atoms with Crippen molar-refractivity contribution in [3.8, 4) is 0 Å². The predicted octanol–water partition coefficient (Wildman–Crippen LogP) is 9.22. The van der Waals surface area contributed by atoms with Gasteiger partial charge in [0.2, 0.25) is 6.29 Å². The van der Waals surface area contributed by atoms with E-state index in [1.54, 1.807) is 58.4 Å². The Morgan fingerprint density at radius 2 is 1.11 bits per heavy atom. The van der Waals surface area contributed by atoms with E-state index in [1.807, 2.05) is 27.7 Å². The summed E-state index contributed by atoms with van der Waals surface area (Å²) in [5.41, 5.74) is 0.386. The molecule has 0 aliphatic carbocycles. The molecule has 17 heteroatoms. The topological polar surface area (TPSA) is 174 Å². The highest BCUT2D eigenvalue weighted by Crippen LogP contribution is 2.53. The first-order valence-corrected chi connectivity index (χ1v) is 25.0. The molecular formula is C47H81O16P. The number of esters is 1. The van der Waals surface area contributed by atoms with Crippen LogP contribution in [0.5, 0.6) is 0 Å². The number of rotatable bonds is 17. The van der Waals surface area contributed by atoms with E-state index in [0.29, 0.717) is 42.1 Å². The highest BCUT2D eigenvalue weighted by molar-refractivity contribution is 7.48. The fourth-order valence-corrected chi connectivity index (χ4v) is 9.81. The van der Waals surface area contributed by atoms with E-state index >= 15 is 0 Å². The minimum Gasteiger partial charge on any atom is -0.453 e. The third-order valence-electron chi connectivity index (χ3n) is 13.6. The molecule has 0 aromatic heterocycles. The molecule has 0 amide bonds. The number of hydrogen-bond acceptors (Lipinski definition) is 16. The quantitative estimate of drug-likeness (QED) is 0.0888. The molecule has 64 heavy (non-hydrogen) atoms. The predicted molar refractivity (Wildman–Crippen MR) is 237 cm³/mol. The Morgan fingerprint density at radius 3 is 1.52 bits per heavy atom. The minimum absolute atomic E-state index is 0.0252. The third kappa shape index (κ3) is 14.0. The normalized spacial score (nSPS) is 39.4. The Hall–Kier alpha value is -1.60. The standard InChI is InChI=1S/C23H37O8P.2C12H22O4/c1-5-7-14-27-32(26,28-15-8-6-2)31-23-21(18(4)17(3)20(16-24)29-23)30-22(25)19-12-10-9-11-13-19;2*1-6-9-7(2)8(3)10-11(14-9)16-12(4,13-5)15-10/h9-13,17-18,20-21,23-24H,5-8,14-16H2,1-4H3;2*7-11H,6H2,1-5H3/t17-,18-,20?,21?,23+;2*7-,8-,9?,10?,11-,12?/m000/s1. The number of aliphatic hydroxyl groups is 1. The first kappa shape index (κ1) is 55.0. The van der Waals surface area contributed by atoms with Crippen LogP contribution in [0, 0.1) is 35.5 Å². The van der Waals surface area contributed by atoms with E-state index in [-0.39, 0.29) is 68.7 Å². The molecule has 370 valence electrons. The van der Waals surface area contributed by atoms with Crippen LogP contribution in [0.15, 0.2) is 30.3 Å². The SMILES string of the molecule is CCC1O[C@H]2OC(C)(OC)OC2[C@@H](C)[C@@H]1C.CCC1O[C@H]2OC(C)(OC)OC2[C@@H](C)[C@@H]1C.CCCCOP(=O)(OCCCC)O[C@H]1OC(CO)[C@@H](C)[C@H](C)C1OC(=O)c1ccccc1.